The highest BCUT2D eigenvalue weighted by atomic mass is 32.1. The number of likely N-dealkylation sites (N-methyl/N-ethyl adjacent to an activating group) is 1. The number of nitrogens with zero attached hydrogens (tertiary/aromatic N) is 2. The predicted octanol–water partition coefficient (Wildman–Crippen LogP) is 3.15. The van der Waals surface area contributed by atoms with Gasteiger partial charge in [0, 0.05) is 35.9 Å². The molecule has 2 aromatic rings. The van der Waals surface area contributed by atoms with E-state index < -0.39 is 6.10 Å². The average Bonchev–Trinajstić information content (AvgIpc) is 2.90. The number of hydrogen-bond donors (Lipinski definition) is 1. The molecule has 0 saturated heterocycles. The zero-order valence-corrected chi connectivity index (χ0v) is 14.5. The monoisotopic (exact) mass is 318 g/mol. The van der Waals surface area contributed by atoms with Crippen molar-refractivity contribution >= 4 is 11.3 Å². The molecule has 120 valence electrons. The lowest BCUT2D eigenvalue weighted by atomic mass is 10.1. The number of aliphatic hydroxyl groups is 1. The molecule has 3 nitrogen and oxygen atoms in total. The highest BCUT2D eigenvalue weighted by molar-refractivity contribution is 7.11. The van der Waals surface area contributed by atoms with Gasteiger partial charge < -0.3 is 10.0 Å². The Morgan fingerprint density at radius 1 is 1.05 bits per heavy atom. The summed E-state index contributed by atoms with van der Waals surface area (Å²) in [5, 5.41) is 10.5. The second-order valence-electron chi connectivity index (χ2n) is 5.98. The fourth-order valence-electron chi connectivity index (χ4n) is 2.39. The van der Waals surface area contributed by atoms with Gasteiger partial charge in [-0.2, -0.15) is 0 Å². The minimum absolute atomic E-state index is 0.440. The maximum atomic E-state index is 10.5. The third-order valence-corrected chi connectivity index (χ3v) is 4.64. The maximum absolute atomic E-state index is 10.5. The minimum Gasteiger partial charge on any atom is -0.387 e. The first-order valence-corrected chi connectivity index (χ1v) is 8.51. The van der Waals surface area contributed by atoms with Crippen LogP contribution in [0.1, 0.15) is 21.4 Å². The van der Waals surface area contributed by atoms with Crippen LogP contribution in [-0.4, -0.2) is 48.6 Å². The summed E-state index contributed by atoms with van der Waals surface area (Å²) in [6.45, 7) is 5.64. The van der Waals surface area contributed by atoms with E-state index in [4.69, 9.17) is 0 Å². The number of aryl methyl sites for hydroxylation is 1. The van der Waals surface area contributed by atoms with Gasteiger partial charge in [0.05, 0.1) is 6.10 Å². The molecule has 0 spiro atoms. The van der Waals surface area contributed by atoms with Gasteiger partial charge in [-0.05, 0) is 38.7 Å². The molecule has 1 unspecified atom stereocenters. The average molecular weight is 318 g/mol. The van der Waals surface area contributed by atoms with Crippen molar-refractivity contribution in [2.45, 2.75) is 19.6 Å². The first kappa shape index (κ1) is 17.2. The summed E-state index contributed by atoms with van der Waals surface area (Å²) in [6.07, 6.45) is -0.440. The van der Waals surface area contributed by atoms with Crippen molar-refractivity contribution < 1.29 is 5.11 Å². The molecule has 22 heavy (non-hydrogen) atoms. The van der Waals surface area contributed by atoms with Crippen LogP contribution in [0, 0.1) is 6.92 Å². The van der Waals surface area contributed by atoms with Crippen molar-refractivity contribution in [3.05, 3.63) is 57.8 Å². The van der Waals surface area contributed by atoms with E-state index in [-0.39, 0.29) is 0 Å². The molecule has 0 bridgehead atoms. The van der Waals surface area contributed by atoms with Gasteiger partial charge in [-0.25, -0.2) is 0 Å². The Morgan fingerprint density at radius 2 is 1.77 bits per heavy atom. The first-order chi connectivity index (χ1) is 10.5. The molecule has 2 rings (SSSR count). The van der Waals surface area contributed by atoms with Gasteiger partial charge in [0.2, 0.25) is 0 Å². The summed E-state index contributed by atoms with van der Waals surface area (Å²) in [5.41, 5.74) is 0.986. The SMILES string of the molecule is Cc1ccc(CN(CCN(C)C)CC(O)c2ccccc2)s1. The van der Waals surface area contributed by atoms with E-state index in [1.54, 1.807) is 0 Å². The topological polar surface area (TPSA) is 26.7 Å². The quantitative estimate of drug-likeness (QED) is 0.810. The lowest BCUT2D eigenvalue weighted by molar-refractivity contribution is 0.105. The molecule has 1 aromatic carbocycles. The van der Waals surface area contributed by atoms with E-state index in [0.717, 1.165) is 25.2 Å². The number of aliphatic hydroxyl groups excluding tert-OH is 1. The summed E-state index contributed by atoms with van der Waals surface area (Å²) >= 11 is 1.84. The lowest BCUT2D eigenvalue weighted by Gasteiger charge is -2.26. The summed E-state index contributed by atoms with van der Waals surface area (Å²) in [4.78, 5) is 7.22. The third-order valence-electron chi connectivity index (χ3n) is 3.65. The molecular formula is C18H26N2OS. The number of benzene rings is 1. The maximum Gasteiger partial charge on any atom is 0.0917 e. The van der Waals surface area contributed by atoms with E-state index >= 15 is 0 Å². The second kappa shape index (κ2) is 8.44. The van der Waals surface area contributed by atoms with Crippen molar-refractivity contribution in [3.63, 3.8) is 0 Å². The zero-order chi connectivity index (χ0) is 15.9. The Labute approximate surface area is 137 Å². The largest absolute Gasteiger partial charge is 0.387 e. The van der Waals surface area contributed by atoms with Crippen molar-refractivity contribution in [2.75, 3.05) is 33.7 Å². The predicted molar refractivity (Wildman–Crippen MR) is 94.3 cm³/mol. The molecule has 0 radical (unpaired) electrons. The molecule has 0 fully saturated rings. The Hall–Kier alpha value is -1.20. The highest BCUT2D eigenvalue weighted by Gasteiger charge is 2.14. The van der Waals surface area contributed by atoms with Crippen LogP contribution in [0.2, 0.25) is 0 Å². The van der Waals surface area contributed by atoms with Crippen LogP contribution in [0.5, 0.6) is 0 Å². The van der Waals surface area contributed by atoms with Gasteiger partial charge in [-0.3, -0.25) is 4.90 Å². The fraction of sp³-hybridized carbons (Fsp3) is 0.444. The minimum atomic E-state index is -0.440. The molecule has 1 aromatic heterocycles. The molecular weight excluding hydrogens is 292 g/mol. The van der Waals surface area contributed by atoms with Crippen LogP contribution in [0.4, 0.5) is 0 Å². The van der Waals surface area contributed by atoms with Gasteiger partial charge in [-0.15, -0.1) is 11.3 Å². The van der Waals surface area contributed by atoms with Crippen LogP contribution >= 0.6 is 11.3 Å². The van der Waals surface area contributed by atoms with Gasteiger partial charge in [0.1, 0.15) is 0 Å². The van der Waals surface area contributed by atoms with Crippen molar-refractivity contribution in [3.8, 4) is 0 Å². The summed E-state index contributed by atoms with van der Waals surface area (Å²) in [5.74, 6) is 0. The smallest absolute Gasteiger partial charge is 0.0917 e. The molecule has 1 heterocycles. The van der Waals surface area contributed by atoms with Crippen molar-refractivity contribution in [1.82, 2.24) is 9.80 Å². The van der Waals surface area contributed by atoms with E-state index in [1.807, 2.05) is 41.7 Å². The van der Waals surface area contributed by atoms with Crippen molar-refractivity contribution in [1.29, 1.82) is 0 Å². The first-order valence-electron chi connectivity index (χ1n) is 7.70. The molecule has 0 amide bonds. The second-order valence-corrected chi connectivity index (χ2v) is 7.35. The number of thiophene rings is 1. The van der Waals surface area contributed by atoms with E-state index in [1.165, 1.54) is 9.75 Å². The Morgan fingerprint density at radius 3 is 2.36 bits per heavy atom. The van der Waals surface area contributed by atoms with Gasteiger partial charge >= 0.3 is 0 Å². The molecule has 1 N–H and O–H groups in total. The fourth-order valence-corrected chi connectivity index (χ4v) is 3.32. The molecule has 0 aliphatic carbocycles. The van der Waals surface area contributed by atoms with Gasteiger partial charge in [0.25, 0.3) is 0 Å². The Bertz CT molecular complexity index is 553. The molecule has 0 saturated carbocycles. The lowest BCUT2D eigenvalue weighted by Crippen LogP contribution is -2.34. The molecule has 1 atom stereocenters. The highest BCUT2D eigenvalue weighted by Crippen LogP contribution is 2.19. The van der Waals surface area contributed by atoms with Crippen LogP contribution in [0.3, 0.4) is 0 Å². The van der Waals surface area contributed by atoms with Crippen LogP contribution in [-0.2, 0) is 6.54 Å². The number of rotatable bonds is 8. The van der Waals surface area contributed by atoms with Crippen LogP contribution in [0.25, 0.3) is 0 Å². The molecule has 0 aliphatic heterocycles. The Kier molecular flexibility index (Phi) is 6.58. The van der Waals surface area contributed by atoms with E-state index in [0.29, 0.717) is 6.54 Å². The van der Waals surface area contributed by atoms with Gasteiger partial charge in [-0.1, -0.05) is 30.3 Å². The summed E-state index contributed by atoms with van der Waals surface area (Å²) < 4.78 is 0. The number of hydrogen-bond acceptors (Lipinski definition) is 4. The molecule has 0 aliphatic rings. The van der Waals surface area contributed by atoms with Gasteiger partial charge in [0.15, 0.2) is 0 Å². The summed E-state index contributed by atoms with van der Waals surface area (Å²) in [6, 6.07) is 14.3. The standard InChI is InChI=1S/C18H26N2OS/c1-15-9-10-17(22-15)13-20(12-11-19(2)3)14-18(21)16-7-5-4-6-8-16/h4-10,18,21H,11-14H2,1-3H3. The third kappa shape index (κ3) is 5.54. The van der Waals surface area contributed by atoms with Crippen LogP contribution in [0.15, 0.2) is 42.5 Å². The normalized spacial score (nSPS) is 13.0. The summed E-state index contributed by atoms with van der Waals surface area (Å²) in [7, 11) is 4.17. The van der Waals surface area contributed by atoms with E-state index in [2.05, 4.69) is 43.0 Å². The Balaban J connectivity index is 2.00. The molecule has 4 heteroatoms. The zero-order valence-electron chi connectivity index (χ0n) is 13.7. The van der Waals surface area contributed by atoms with E-state index in [9.17, 15) is 5.11 Å². The van der Waals surface area contributed by atoms with Crippen molar-refractivity contribution in [2.24, 2.45) is 0 Å². The van der Waals surface area contributed by atoms with Crippen LogP contribution < -0.4 is 0 Å².